The molecule has 0 N–H and O–H groups in total. The Morgan fingerprint density at radius 1 is 1.47 bits per heavy atom. The van der Waals surface area contributed by atoms with Gasteiger partial charge in [0.2, 0.25) is 0 Å². The van der Waals surface area contributed by atoms with Crippen molar-refractivity contribution in [1.29, 1.82) is 0 Å². The van der Waals surface area contributed by atoms with Crippen LogP contribution in [-0.4, -0.2) is 67.9 Å². The molecule has 1 heterocycles. The molecule has 2 bridgehead atoms. The first-order chi connectivity index (χ1) is 8.15. The van der Waals surface area contributed by atoms with Crippen LogP contribution in [0.3, 0.4) is 0 Å². The van der Waals surface area contributed by atoms with E-state index in [1.165, 1.54) is 0 Å². The van der Waals surface area contributed by atoms with E-state index in [0.29, 0.717) is 19.8 Å². The summed E-state index contributed by atoms with van der Waals surface area (Å²) in [6.07, 6.45) is 2.19. The zero-order valence-corrected chi connectivity index (χ0v) is 10.9. The highest BCUT2D eigenvalue weighted by atomic mass is 16.5. The van der Waals surface area contributed by atoms with Crippen LogP contribution in [-0.2, 0) is 9.47 Å². The van der Waals surface area contributed by atoms with E-state index in [9.17, 15) is 4.79 Å². The molecule has 2 aliphatic rings. The second kappa shape index (κ2) is 5.23. The number of rotatable bonds is 2. The van der Waals surface area contributed by atoms with Crippen LogP contribution in [0.4, 0.5) is 4.79 Å². The summed E-state index contributed by atoms with van der Waals surface area (Å²) >= 11 is 0. The van der Waals surface area contributed by atoms with E-state index in [-0.39, 0.29) is 24.3 Å². The molecule has 3 atom stereocenters. The molecule has 0 aromatic carbocycles. The quantitative estimate of drug-likeness (QED) is 0.723. The summed E-state index contributed by atoms with van der Waals surface area (Å²) in [6, 6.07) is 0.239. The Balaban J connectivity index is 2.14. The van der Waals surface area contributed by atoms with Crippen LogP contribution in [0, 0.1) is 0 Å². The van der Waals surface area contributed by atoms with Gasteiger partial charge in [-0.2, -0.15) is 0 Å². The molecule has 0 aromatic heterocycles. The van der Waals surface area contributed by atoms with Gasteiger partial charge in [0, 0.05) is 27.2 Å². The molecule has 1 aliphatic heterocycles. The zero-order valence-electron chi connectivity index (χ0n) is 10.9. The van der Waals surface area contributed by atoms with Gasteiger partial charge in [-0.15, -0.1) is 0 Å². The molecule has 1 saturated carbocycles. The predicted molar refractivity (Wildman–Crippen MR) is 64.0 cm³/mol. The number of fused-ring (bicyclic) bond motifs is 2. The topological polar surface area (TPSA) is 42.0 Å². The first-order valence-corrected chi connectivity index (χ1v) is 6.36. The van der Waals surface area contributed by atoms with Crippen molar-refractivity contribution < 1.29 is 14.3 Å². The molecule has 17 heavy (non-hydrogen) atoms. The molecule has 0 spiro atoms. The van der Waals surface area contributed by atoms with Gasteiger partial charge in [-0.05, 0) is 19.8 Å². The number of carbonyl (C=O) groups is 1. The number of nitrogens with zero attached hydrogens (tertiary/aromatic N) is 2. The van der Waals surface area contributed by atoms with Gasteiger partial charge in [0.25, 0.3) is 0 Å². The molecule has 2 fully saturated rings. The van der Waals surface area contributed by atoms with Crippen molar-refractivity contribution in [2.45, 2.75) is 38.0 Å². The van der Waals surface area contributed by atoms with Crippen LogP contribution >= 0.6 is 0 Å². The molecule has 0 radical (unpaired) electrons. The number of urea groups is 1. The summed E-state index contributed by atoms with van der Waals surface area (Å²) in [6.45, 7) is 3.94. The van der Waals surface area contributed by atoms with Crippen LogP contribution in [0.1, 0.15) is 19.8 Å². The van der Waals surface area contributed by atoms with Crippen molar-refractivity contribution in [3.05, 3.63) is 0 Å². The molecule has 5 nitrogen and oxygen atoms in total. The summed E-state index contributed by atoms with van der Waals surface area (Å²) < 4.78 is 11.6. The largest absolute Gasteiger partial charge is 0.374 e. The number of hydrogen-bond donors (Lipinski definition) is 0. The van der Waals surface area contributed by atoms with Gasteiger partial charge in [-0.1, -0.05) is 0 Å². The van der Waals surface area contributed by atoms with Crippen LogP contribution in [0.2, 0.25) is 0 Å². The first kappa shape index (κ1) is 12.6. The first-order valence-electron chi connectivity index (χ1n) is 6.36. The van der Waals surface area contributed by atoms with Gasteiger partial charge in [0.15, 0.2) is 0 Å². The van der Waals surface area contributed by atoms with Crippen molar-refractivity contribution in [1.82, 2.24) is 9.80 Å². The Kier molecular flexibility index (Phi) is 3.89. The van der Waals surface area contributed by atoms with Gasteiger partial charge in [0.05, 0.1) is 18.8 Å². The second-order valence-corrected chi connectivity index (χ2v) is 4.84. The number of carbonyl (C=O) groups excluding carboxylic acids is 1. The Bertz CT molecular complexity index is 283. The molecular formula is C12H22N2O3. The molecule has 3 unspecified atom stereocenters. The molecule has 2 amide bonds. The third-order valence-corrected chi connectivity index (χ3v) is 3.54. The summed E-state index contributed by atoms with van der Waals surface area (Å²) in [5, 5.41) is 0. The van der Waals surface area contributed by atoms with Crippen LogP contribution in [0.5, 0.6) is 0 Å². The molecule has 1 aliphatic carbocycles. The lowest BCUT2D eigenvalue weighted by molar-refractivity contribution is -0.0482. The van der Waals surface area contributed by atoms with E-state index >= 15 is 0 Å². The van der Waals surface area contributed by atoms with E-state index in [4.69, 9.17) is 9.47 Å². The maximum absolute atomic E-state index is 12.1. The van der Waals surface area contributed by atoms with E-state index in [1.807, 2.05) is 11.8 Å². The lowest BCUT2D eigenvalue weighted by Crippen LogP contribution is -2.50. The highest BCUT2D eigenvalue weighted by Gasteiger charge is 2.44. The van der Waals surface area contributed by atoms with Gasteiger partial charge < -0.3 is 19.3 Å². The molecule has 98 valence electrons. The third kappa shape index (κ3) is 2.40. The van der Waals surface area contributed by atoms with Gasteiger partial charge in [-0.3, -0.25) is 0 Å². The van der Waals surface area contributed by atoms with Gasteiger partial charge in [0.1, 0.15) is 6.10 Å². The fraction of sp³-hybridized carbons (Fsp3) is 0.917. The fourth-order valence-corrected chi connectivity index (χ4v) is 2.80. The molecule has 5 heteroatoms. The summed E-state index contributed by atoms with van der Waals surface area (Å²) in [5.74, 6) is 0. The van der Waals surface area contributed by atoms with Crippen LogP contribution in [0.25, 0.3) is 0 Å². The normalized spacial score (nSPS) is 32.4. The number of amides is 2. The highest BCUT2D eigenvalue weighted by Crippen LogP contribution is 2.32. The average Bonchev–Trinajstić information content (AvgIpc) is 2.55. The van der Waals surface area contributed by atoms with Gasteiger partial charge in [-0.25, -0.2) is 4.79 Å². The number of ether oxygens (including phenoxy) is 2. The smallest absolute Gasteiger partial charge is 0.319 e. The maximum atomic E-state index is 12.1. The minimum atomic E-state index is 0.0476. The highest BCUT2D eigenvalue weighted by molar-refractivity contribution is 5.74. The lowest BCUT2D eigenvalue weighted by Gasteiger charge is -2.33. The van der Waals surface area contributed by atoms with E-state index in [1.54, 1.807) is 19.0 Å². The Labute approximate surface area is 103 Å². The maximum Gasteiger partial charge on any atom is 0.319 e. The SMILES string of the molecule is CCOC1C2CCC1N(C(=O)N(C)C)CCO2. The fourth-order valence-electron chi connectivity index (χ4n) is 2.80. The standard InChI is InChI=1S/C12H22N2O3/c1-4-16-11-9-5-6-10(11)17-8-7-14(9)12(15)13(2)3/h9-11H,4-8H2,1-3H3. The van der Waals surface area contributed by atoms with Crippen LogP contribution in [0.15, 0.2) is 0 Å². The average molecular weight is 242 g/mol. The lowest BCUT2D eigenvalue weighted by atomic mass is 10.1. The molecule has 2 rings (SSSR count). The van der Waals surface area contributed by atoms with Crippen LogP contribution < -0.4 is 0 Å². The van der Waals surface area contributed by atoms with Crippen molar-refractivity contribution in [3.63, 3.8) is 0 Å². The Morgan fingerprint density at radius 2 is 2.24 bits per heavy atom. The van der Waals surface area contributed by atoms with Gasteiger partial charge >= 0.3 is 6.03 Å². The van der Waals surface area contributed by atoms with Crippen molar-refractivity contribution in [3.8, 4) is 0 Å². The Morgan fingerprint density at radius 3 is 2.88 bits per heavy atom. The summed E-state index contributed by atoms with van der Waals surface area (Å²) in [7, 11) is 3.58. The zero-order chi connectivity index (χ0) is 12.4. The number of hydrogen-bond acceptors (Lipinski definition) is 3. The third-order valence-electron chi connectivity index (χ3n) is 3.54. The summed E-state index contributed by atoms with van der Waals surface area (Å²) in [5.41, 5.74) is 0. The van der Waals surface area contributed by atoms with E-state index < -0.39 is 0 Å². The minimum absolute atomic E-state index is 0.0476. The van der Waals surface area contributed by atoms with Crippen molar-refractivity contribution in [2.75, 3.05) is 33.9 Å². The molecule has 0 aromatic rings. The minimum Gasteiger partial charge on any atom is -0.374 e. The summed E-state index contributed by atoms with van der Waals surface area (Å²) in [4.78, 5) is 15.7. The molecule has 1 saturated heterocycles. The Hall–Kier alpha value is -0.810. The van der Waals surface area contributed by atoms with Crippen molar-refractivity contribution >= 4 is 6.03 Å². The second-order valence-electron chi connectivity index (χ2n) is 4.84. The van der Waals surface area contributed by atoms with E-state index in [0.717, 1.165) is 12.8 Å². The van der Waals surface area contributed by atoms with E-state index in [2.05, 4.69) is 0 Å². The monoisotopic (exact) mass is 242 g/mol. The molecular weight excluding hydrogens is 220 g/mol. The van der Waals surface area contributed by atoms with Crippen molar-refractivity contribution in [2.24, 2.45) is 0 Å². The predicted octanol–water partition coefficient (Wildman–Crippen LogP) is 0.936.